The van der Waals surface area contributed by atoms with Crippen molar-refractivity contribution in [3.63, 3.8) is 0 Å². The minimum atomic E-state index is 0.814. The van der Waals surface area contributed by atoms with Gasteiger partial charge in [0.15, 0.2) is 0 Å². The van der Waals surface area contributed by atoms with E-state index in [2.05, 4.69) is 60.2 Å². The largest absolute Gasteiger partial charge is 0.381 e. The van der Waals surface area contributed by atoms with Crippen LogP contribution in [0.15, 0.2) is 42.7 Å². The molecular formula is C18H25N3. The fourth-order valence-corrected chi connectivity index (χ4v) is 2.36. The summed E-state index contributed by atoms with van der Waals surface area (Å²) in [5.41, 5.74) is 5.04. The fraction of sp³-hybridized carbons (Fsp3) is 0.389. The first-order chi connectivity index (χ1) is 10.2. The molecule has 0 aliphatic carbocycles. The van der Waals surface area contributed by atoms with Crippen molar-refractivity contribution in [1.29, 1.82) is 0 Å². The average molecular weight is 283 g/mol. The van der Waals surface area contributed by atoms with E-state index in [-0.39, 0.29) is 0 Å². The van der Waals surface area contributed by atoms with Crippen LogP contribution < -0.4 is 5.32 Å². The molecule has 1 heterocycles. The van der Waals surface area contributed by atoms with Crippen LogP contribution in [0.5, 0.6) is 0 Å². The highest BCUT2D eigenvalue weighted by molar-refractivity contribution is 5.46. The second-order valence-corrected chi connectivity index (χ2v) is 5.32. The van der Waals surface area contributed by atoms with E-state index in [9.17, 15) is 0 Å². The molecule has 0 spiro atoms. The molecule has 0 bridgehead atoms. The lowest BCUT2D eigenvalue weighted by Gasteiger charge is -2.18. The monoisotopic (exact) mass is 283 g/mol. The van der Waals surface area contributed by atoms with Gasteiger partial charge >= 0.3 is 0 Å². The lowest BCUT2D eigenvalue weighted by molar-refractivity contribution is 0.296. The van der Waals surface area contributed by atoms with Gasteiger partial charge in [-0.25, -0.2) is 0 Å². The van der Waals surface area contributed by atoms with Gasteiger partial charge in [-0.3, -0.25) is 9.88 Å². The van der Waals surface area contributed by atoms with Gasteiger partial charge in [-0.05, 0) is 54.9 Å². The molecule has 0 atom stereocenters. The molecule has 0 aliphatic heterocycles. The van der Waals surface area contributed by atoms with E-state index in [0.717, 1.165) is 26.2 Å². The van der Waals surface area contributed by atoms with E-state index in [1.165, 1.54) is 22.4 Å². The number of hydrogen-bond donors (Lipinski definition) is 1. The number of nitrogens with zero attached hydrogens (tertiary/aromatic N) is 2. The molecule has 2 rings (SSSR count). The van der Waals surface area contributed by atoms with Gasteiger partial charge in [-0.1, -0.05) is 26.0 Å². The molecule has 0 aliphatic rings. The highest BCUT2D eigenvalue weighted by Crippen LogP contribution is 2.15. The Hall–Kier alpha value is -1.87. The zero-order chi connectivity index (χ0) is 15.1. The number of nitrogens with one attached hydrogen (secondary N) is 1. The Labute approximate surface area is 128 Å². The molecule has 0 fully saturated rings. The van der Waals surface area contributed by atoms with E-state index in [0.29, 0.717) is 0 Å². The summed E-state index contributed by atoms with van der Waals surface area (Å²) in [6, 6.07) is 10.7. The summed E-state index contributed by atoms with van der Waals surface area (Å²) in [5, 5.41) is 3.49. The summed E-state index contributed by atoms with van der Waals surface area (Å²) in [4.78, 5) is 6.61. The van der Waals surface area contributed by atoms with Crippen molar-refractivity contribution >= 4 is 5.69 Å². The molecule has 2 aromatic rings. The Bertz CT molecular complexity index is 562. The average Bonchev–Trinajstić information content (AvgIpc) is 2.52. The first-order valence-corrected chi connectivity index (χ1v) is 7.67. The molecule has 0 unspecified atom stereocenters. The highest BCUT2D eigenvalue weighted by atomic mass is 15.1. The fourth-order valence-electron chi connectivity index (χ4n) is 2.36. The third-order valence-corrected chi connectivity index (χ3v) is 3.86. The molecule has 0 amide bonds. The second kappa shape index (κ2) is 7.79. The minimum Gasteiger partial charge on any atom is -0.381 e. The Morgan fingerprint density at radius 1 is 1.14 bits per heavy atom. The van der Waals surface area contributed by atoms with E-state index >= 15 is 0 Å². The predicted octanol–water partition coefficient (Wildman–Crippen LogP) is 3.84. The van der Waals surface area contributed by atoms with Crippen molar-refractivity contribution in [2.75, 3.05) is 18.4 Å². The van der Waals surface area contributed by atoms with Gasteiger partial charge < -0.3 is 5.32 Å². The van der Waals surface area contributed by atoms with Crippen molar-refractivity contribution < 1.29 is 0 Å². The highest BCUT2D eigenvalue weighted by Gasteiger charge is 2.03. The van der Waals surface area contributed by atoms with Crippen LogP contribution in [0.3, 0.4) is 0 Å². The maximum absolute atomic E-state index is 4.19. The van der Waals surface area contributed by atoms with E-state index in [4.69, 9.17) is 0 Å². The maximum atomic E-state index is 4.19. The molecule has 0 radical (unpaired) electrons. The van der Waals surface area contributed by atoms with Gasteiger partial charge in [0.1, 0.15) is 0 Å². The molecule has 1 aromatic carbocycles. The molecule has 3 nitrogen and oxygen atoms in total. The van der Waals surface area contributed by atoms with Crippen LogP contribution in [0.4, 0.5) is 5.69 Å². The van der Waals surface area contributed by atoms with Gasteiger partial charge in [0.2, 0.25) is 0 Å². The Kier molecular flexibility index (Phi) is 5.76. The van der Waals surface area contributed by atoms with Gasteiger partial charge in [0.25, 0.3) is 0 Å². The molecule has 1 aromatic heterocycles. The Morgan fingerprint density at radius 2 is 1.95 bits per heavy atom. The molecular weight excluding hydrogens is 258 g/mol. The molecule has 21 heavy (non-hydrogen) atoms. The summed E-state index contributed by atoms with van der Waals surface area (Å²) < 4.78 is 0. The van der Waals surface area contributed by atoms with Crippen LogP contribution in [0.1, 0.15) is 30.5 Å². The molecule has 0 saturated carbocycles. The number of aryl methyl sites for hydroxylation is 1. The van der Waals surface area contributed by atoms with E-state index < -0.39 is 0 Å². The second-order valence-electron chi connectivity index (χ2n) is 5.32. The SMILES string of the molecule is CCN(CC)Cc1cccc(NCc2cnccc2C)c1. The predicted molar refractivity (Wildman–Crippen MR) is 89.4 cm³/mol. The Balaban J connectivity index is 1.99. The van der Waals surface area contributed by atoms with Crippen molar-refractivity contribution in [2.24, 2.45) is 0 Å². The van der Waals surface area contributed by atoms with E-state index in [1.54, 1.807) is 0 Å². The van der Waals surface area contributed by atoms with E-state index in [1.807, 2.05) is 18.5 Å². The lowest BCUT2D eigenvalue weighted by Crippen LogP contribution is -2.22. The van der Waals surface area contributed by atoms with Crippen LogP contribution in [0, 0.1) is 6.92 Å². The first kappa shape index (κ1) is 15.5. The first-order valence-electron chi connectivity index (χ1n) is 7.67. The van der Waals surface area contributed by atoms with Gasteiger partial charge in [0.05, 0.1) is 0 Å². The number of pyridine rings is 1. The normalized spacial score (nSPS) is 10.9. The maximum Gasteiger partial charge on any atom is 0.0418 e. The summed E-state index contributed by atoms with van der Waals surface area (Å²) in [7, 11) is 0. The summed E-state index contributed by atoms with van der Waals surface area (Å²) in [6.07, 6.45) is 3.77. The molecule has 3 heteroatoms. The lowest BCUT2D eigenvalue weighted by atomic mass is 10.1. The number of hydrogen-bond acceptors (Lipinski definition) is 3. The van der Waals surface area contributed by atoms with Crippen molar-refractivity contribution in [3.8, 4) is 0 Å². The van der Waals surface area contributed by atoms with Gasteiger partial charge in [-0.2, -0.15) is 0 Å². The van der Waals surface area contributed by atoms with Crippen LogP contribution in [-0.4, -0.2) is 23.0 Å². The number of anilines is 1. The summed E-state index contributed by atoms with van der Waals surface area (Å²) in [5.74, 6) is 0. The van der Waals surface area contributed by atoms with Crippen molar-refractivity contribution in [2.45, 2.75) is 33.9 Å². The standard InChI is InChI=1S/C18H25N3/c1-4-21(5-2)14-16-7-6-8-18(11-16)20-13-17-12-19-10-9-15(17)3/h6-12,20H,4-5,13-14H2,1-3H3. The zero-order valence-corrected chi connectivity index (χ0v) is 13.3. The third kappa shape index (κ3) is 4.57. The van der Waals surface area contributed by atoms with Crippen molar-refractivity contribution in [1.82, 2.24) is 9.88 Å². The number of benzene rings is 1. The molecule has 112 valence electrons. The quantitative estimate of drug-likeness (QED) is 0.836. The van der Waals surface area contributed by atoms with Crippen LogP contribution >= 0.6 is 0 Å². The summed E-state index contributed by atoms with van der Waals surface area (Å²) >= 11 is 0. The smallest absolute Gasteiger partial charge is 0.0418 e. The Morgan fingerprint density at radius 3 is 2.67 bits per heavy atom. The topological polar surface area (TPSA) is 28.2 Å². The summed E-state index contributed by atoms with van der Waals surface area (Å²) in [6.45, 7) is 10.5. The third-order valence-electron chi connectivity index (χ3n) is 3.86. The number of aromatic nitrogens is 1. The molecule has 1 N–H and O–H groups in total. The van der Waals surface area contributed by atoms with Crippen LogP contribution in [0.2, 0.25) is 0 Å². The van der Waals surface area contributed by atoms with Crippen LogP contribution in [0.25, 0.3) is 0 Å². The van der Waals surface area contributed by atoms with Crippen molar-refractivity contribution in [3.05, 3.63) is 59.4 Å². The zero-order valence-electron chi connectivity index (χ0n) is 13.3. The van der Waals surface area contributed by atoms with Gasteiger partial charge in [0, 0.05) is 31.2 Å². The number of rotatable bonds is 7. The molecule has 0 saturated heterocycles. The van der Waals surface area contributed by atoms with Gasteiger partial charge in [-0.15, -0.1) is 0 Å². The minimum absolute atomic E-state index is 0.814. The van der Waals surface area contributed by atoms with Crippen LogP contribution in [-0.2, 0) is 13.1 Å².